The van der Waals surface area contributed by atoms with Gasteiger partial charge in [0.1, 0.15) is 36.3 Å². The van der Waals surface area contributed by atoms with Crippen molar-refractivity contribution in [3.63, 3.8) is 0 Å². The average Bonchev–Trinajstić information content (AvgIpc) is 3.73. The number of hydrogen-bond donors (Lipinski definition) is 9. The van der Waals surface area contributed by atoms with Gasteiger partial charge in [-0.15, -0.1) is 0 Å². The van der Waals surface area contributed by atoms with Crippen LogP contribution in [0.15, 0.2) is 37.0 Å². The van der Waals surface area contributed by atoms with Crippen molar-refractivity contribution in [2.45, 2.75) is 96.4 Å². The number of aliphatic hydroxyl groups is 2. The number of fused-ring (bicyclic) bond motifs is 1. The molecule has 2 aromatic heterocycles. The lowest BCUT2D eigenvalue weighted by molar-refractivity contribution is -0.137. The number of anilines is 1. The molecule has 3 heterocycles. The number of unbranched alkanes of at least 4 members (excludes halogenated alkanes) is 4. The lowest BCUT2D eigenvalue weighted by Crippen LogP contribution is -2.46. The third-order valence-corrected chi connectivity index (χ3v) is 12.6. The summed E-state index contributed by atoms with van der Waals surface area (Å²) in [5.74, 6) is -1.13. The van der Waals surface area contributed by atoms with E-state index in [1.165, 1.54) is 39.2 Å². The second-order valence-electron chi connectivity index (χ2n) is 14.2. The summed E-state index contributed by atoms with van der Waals surface area (Å²) in [5.41, 5.74) is 4.27. The maximum absolute atomic E-state index is 12.7. The van der Waals surface area contributed by atoms with E-state index in [1.54, 1.807) is 6.08 Å². The van der Waals surface area contributed by atoms with Crippen LogP contribution in [0.2, 0.25) is 0 Å². The summed E-state index contributed by atoms with van der Waals surface area (Å²) in [6.07, 6.45) is 6.84. The zero-order chi connectivity index (χ0) is 45.4. The number of nitrogen functional groups attached to an aromatic ring is 1. The van der Waals surface area contributed by atoms with Crippen LogP contribution in [0, 0.1) is 5.41 Å². The number of carbonyl (C=O) groups excluding carboxylic acids is 3. The molecule has 2 amide bonds. The van der Waals surface area contributed by atoms with E-state index in [1.807, 2.05) is 0 Å². The Kier molecular flexibility index (Phi) is 20.8. The molecule has 2 aromatic rings. The molecular weight excluding hydrogens is 891 g/mol. The van der Waals surface area contributed by atoms with E-state index in [4.69, 9.17) is 19.5 Å². The fourth-order valence-electron chi connectivity index (χ4n) is 5.45. The topological polar surface area (TPSA) is 364 Å². The van der Waals surface area contributed by atoms with E-state index in [2.05, 4.69) is 53.5 Å². The van der Waals surface area contributed by atoms with Crippen LogP contribution in [0.4, 0.5) is 5.82 Å². The van der Waals surface area contributed by atoms with Crippen LogP contribution in [-0.4, -0.2) is 123 Å². The second kappa shape index (κ2) is 24.2. The molecule has 1 fully saturated rings. The van der Waals surface area contributed by atoms with Crippen molar-refractivity contribution in [2.75, 3.05) is 37.8 Å². The zero-order valence-corrected chi connectivity index (χ0v) is 37.1. The smallest absolute Gasteiger partial charge is 0.386 e. The number of imidazole rings is 1. The Morgan fingerprint density at radius 1 is 1.00 bits per heavy atom. The predicted octanol–water partition coefficient (Wildman–Crippen LogP) is 2.14. The number of nitrogens with zero attached hydrogens (tertiary/aromatic N) is 4. The normalized spacial score (nSPS) is 21.1. The first-order valence-electron chi connectivity index (χ1n) is 18.9. The fourth-order valence-corrected chi connectivity index (χ4v) is 8.88. The van der Waals surface area contributed by atoms with Gasteiger partial charge < -0.3 is 50.9 Å². The minimum atomic E-state index is -5.57. The standard InChI is InChI=1S/C33H54N7O17P3S/c1-4-5-6-7-8-9-10-11-12-13-24(42)61-17-16-35-23(41)14-15-36-31(45)28(44)33(2,3)19-54-60(51,52)57-59(49,50)53-18-22-27(56-58(46,47)48)26(43)32(55-22)40-21-39-25-29(34)37-20-38-30(25)40/h8-9,12-13,20-22,26-28,32,43-44H,4-7,10-11,14-19H2,1-3H3,(H,35,41)(H,36,45)(H,49,50)(H,51,52)(H2,34,37,38)(H2,46,47,48)/b9-8-,13-12+/t22-,26-,27-,28?,32-/m1/s1. The SMILES string of the molecule is CCCCC/C=C\CC/C=C/C(=O)SCCNC(=O)CCNC(=O)C(O)C(C)(C)COP(=O)(O)OP(=O)(O)OC[C@H]1O[C@@H](n2cnc3c(N)ncnc32)[C@H](O)[C@@H]1OP(=O)(O)O. The predicted molar refractivity (Wildman–Crippen MR) is 219 cm³/mol. The molecule has 61 heavy (non-hydrogen) atoms. The fraction of sp³-hybridized carbons (Fsp3) is 0.636. The van der Waals surface area contributed by atoms with Crippen LogP contribution >= 0.6 is 35.2 Å². The van der Waals surface area contributed by atoms with Crippen molar-refractivity contribution in [1.29, 1.82) is 0 Å². The number of allylic oxidation sites excluding steroid dienone is 3. The van der Waals surface area contributed by atoms with Crippen molar-refractivity contribution in [1.82, 2.24) is 30.2 Å². The number of ether oxygens (including phenoxy) is 1. The van der Waals surface area contributed by atoms with Gasteiger partial charge in [-0.3, -0.25) is 32.5 Å². The van der Waals surface area contributed by atoms with Gasteiger partial charge in [-0.1, -0.05) is 63.6 Å². The lowest BCUT2D eigenvalue weighted by Gasteiger charge is -2.30. The number of phosphoric acid groups is 3. The van der Waals surface area contributed by atoms with Gasteiger partial charge in [0.2, 0.25) is 16.9 Å². The molecular formula is C33H54N7O17P3S. The highest BCUT2D eigenvalue weighted by atomic mass is 32.2. The van der Waals surface area contributed by atoms with Gasteiger partial charge in [0.15, 0.2) is 17.7 Å². The molecule has 24 nitrogen and oxygen atoms in total. The molecule has 0 radical (unpaired) electrons. The number of amides is 2. The Hall–Kier alpha value is -2.96. The molecule has 3 unspecified atom stereocenters. The highest BCUT2D eigenvalue weighted by molar-refractivity contribution is 8.14. The highest BCUT2D eigenvalue weighted by Gasteiger charge is 2.50. The van der Waals surface area contributed by atoms with Gasteiger partial charge in [0, 0.05) is 30.7 Å². The largest absolute Gasteiger partial charge is 0.481 e. The number of hydrogen-bond acceptors (Lipinski definition) is 18. The summed E-state index contributed by atoms with van der Waals surface area (Å²) in [6, 6.07) is 0. The van der Waals surface area contributed by atoms with E-state index in [9.17, 15) is 57.9 Å². The van der Waals surface area contributed by atoms with Gasteiger partial charge in [0.05, 0.1) is 19.5 Å². The summed E-state index contributed by atoms with van der Waals surface area (Å²) in [4.78, 5) is 87.8. The van der Waals surface area contributed by atoms with Crippen molar-refractivity contribution < 1.29 is 80.5 Å². The van der Waals surface area contributed by atoms with Gasteiger partial charge in [-0.05, 0) is 31.8 Å². The van der Waals surface area contributed by atoms with Crippen LogP contribution in [0.5, 0.6) is 0 Å². The molecule has 28 heteroatoms. The van der Waals surface area contributed by atoms with Crippen molar-refractivity contribution >= 4 is 69.1 Å². The number of aromatic nitrogens is 4. The molecule has 0 saturated carbocycles. The number of carbonyl (C=O) groups is 3. The summed E-state index contributed by atoms with van der Waals surface area (Å²) in [5, 5.41) is 26.3. The Bertz CT molecular complexity index is 1980. The molecule has 0 bridgehead atoms. The van der Waals surface area contributed by atoms with Crippen molar-refractivity contribution in [2.24, 2.45) is 5.41 Å². The number of phosphoric ester groups is 3. The number of rotatable bonds is 27. The minimum Gasteiger partial charge on any atom is -0.386 e. The minimum absolute atomic E-state index is 0.0305. The molecule has 7 atom stereocenters. The summed E-state index contributed by atoms with van der Waals surface area (Å²) in [6.45, 7) is 2.64. The first kappa shape index (κ1) is 52.4. The Morgan fingerprint density at radius 3 is 2.39 bits per heavy atom. The van der Waals surface area contributed by atoms with Crippen molar-refractivity contribution in [3.8, 4) is 0 Å². The van der Waals surface area contributed by atoms with Gasteiger partial charge in [-0.25, -0.2) is 28.6 Å². The average molecular weight is 946 g/mol. The van der Waals surface area contributed by atoms with E-state index in [0.717, 1.165) is 48.2 Å². The Balaban J connectivity index is 1.41. The first-order valence-corrected chi connectivity index (χ1v) is 24.4. The number of thioether (sulfide) groups is 1. The second-order valence-corrected chi connectivity index (χ2v) is 19.5. The molecule has 0 spiro atoms. The molecule has 1 aliphatic rings. The van der Waals surface area contributed by atoms with E-state index in [-0.39, 0.29) is 41.6 Å². The first-order chi connectivity index (χ1) is 28.6. The summed E-state index contributed by atoms with van der Waals surface area (Å²) < 4.78 is 62.2. The maximum Gasteiger partial charge on any atom is 0.481 e. The van der Waals surface area contributed by atoms with Crippen LogP contribution in [-0.2, 0) is 50.7 Å². The summed E-state index contributed by atoms with van der Waals surface area (Å²) in [7, 11) is -16.4. The molecule has 1 saturated heterocycles. The molecule has 0 aromatic carbocycles. The van der Waals surface area contributed by atoms with E-state index < -0.39 is 84.6 Å². The van der Waals surface area contributed by atoms with Crippen molar-refractivity contribution in [3.05, 3.63) is 37.0 Å². The third-order valence-electron chi connectivity index (χ3n) is 8.64. The van der Waals surface area contributed by atoms with Gasteiger partial charge in [-0.2, -0.15) is 4.31 Å². The number of nitrogens with two attached hydrogens (primary N) is 1. The van der Waals surface area contributed by atoms with E-state index in [0.29, 0.717) is 5.75 Å². The third kappa shape index (κ3) is 18.0. The molecule has 3 rings (SSSR count). The number of nitrogens with one attached hydrogen (secondary N) is 2. The Labute approximate surface area is 355 Å². The molecule has 1 aliphatic heterocycles. The van der Waals surface area contributed by atoms with Gasteiger partial charge >= 0.3 is 23.5 Å². The van der Waals surface area contributed by atoms with E-state index >= 15 is 0 Å². The maximum atomic E-state index is 12.7. The van der Waals surface area contributed by atoms with Gasteiger partial charge in [0.25, 0.3) is 0 Å². The monoisotopic (exact) mass is 945 g/mol. The quantitative estimate of drug-likeness (QED) is 0.0268. The van der Waals surface area contributed by atoms with Crippen LogP contribution < -0.4 is 16.4 Å². The number of aliphatic hydroxyl groups excluding tert-OH is 2. The Morgan fingerprint density at radius 2 is 1.69 bits per heavy atom. The zero-order valence-electron chi connectivity index (χ0n) is 33.6. The van der Waals surface area contributed by atoms with Crippen LogP contribution in [0.1, 0.15) is 71.9 Å². The molecule has 10 N–H and O–H groups in total. The van der Waals surface area contributed by atoms with Crippen LogP contribution in [0.25, 0.3) is 11.2 Å². The molecule has 344 valence electrons. The van der Waals surface area contributed by atoms with Crippen LogP contribution in [0.3, 0.4) is 0 Å². The lowest BCUT2D eigenvalue weighted by atomic mass is 9.87. The highest BCUT2D eigenvalue weighted by Crippen LogP contribution is 2.61. The summed E-state index contributed by atoms with van der Waals surface area (Å²) >= 11 is 1.04. The molecule has 0 aliphatic carbocycles.